The summed E-state index contributed by atoms with van der Waals surface area (Å²) >= 11 is 5.21. The third-order valence-electron chi connectivity index (χ3n) is 3.61. The van der Waals surface area contributed by atoms with Crippen molar-refractivity contribution in [3.05, 3.63) is 60.0 Å². The number of para-hydroxylation sites is 2. The SMILES string of the molecule is Cn1c(=O)c2c([nH]c(=S)n2-c2ccccc2[N+](=O)[O-])n(C)c1=O. The molecule has 9 nitrogen and oxygen atoms in total. The van der Waals surface area contributed by atoms with Gasteiger partial charge in [0.15, 0.2) is 10.3 Å². The molecule has 0 aliphatic heterocycles. The Kier molecular flexibility index (Phi) is 3.25. The monoisotopic (exact) mass is 333 g/mol. The molecule has 0 radical (unpaired) electrons. The normalized spacial score (nSPS) is 11.0. The molecule has 118 valence electrons. The number of nitro groups is 1. The molecule has 0 saturated carbocycles. The van der Waals surface area contributed by atoms with Crippen molar-refractivity contribution in [2.45, 2.75) is 0 Å². The van der Waals surface area contributed by atoms with E-state index in [9.17, 15) is 19.7 Å². The Labute approximate surface area is 133 Å². The van der Waals surface area contributed by atoms with Crippen molar-refractivity contribution in [2.75, 3.05) is 0 Å². The molecule has 0 bridgehead atoms. The number of nitro benzene ring substituents is 1. The van der Waals surface area contributed by atoms with Gasteiger partial charge in [0.2, 0.25) is 0 Å². The third-order valence-corrected chi connectivity index (χ3v) is 3.90. The third kappa shape index (κ3) is 2.03. The first-order chi connectivity index (χ1) is 10.8. The van der Waals surface area contributed by atoms with E-state index in [0.29, 0.717) is 0 Å². The number of nitrogens with zero attached hydrogens (tertiary/aromatic N) is 4. The van der Waals surface area contributed by atoms with E-state index in [4.69, 9.17) is 12.2 Å². The lowest BCUT2D eigenvalue weighted by Crippen LogP contribution is -2.37. The fraction of sp³-hybridized carbons (Fsp3) is 0.154. The predicted molar refractivity (Wildman–Crippen MR) is 85.6 cm³/mol. The Morgan fingerprint density at radius 3 is 2.48 bits per heavy atom. The van der Waals surface area contributed by atoms with Gasteiger partial charge in [0, 0.05) is 20.2 Å². The van der Waals surface area contributed by atoms with Crippen LogP contribution in [0.15, 0.2) is 33.9 Å². The van der Waals surface area contributed by atoms with Gasteiger partial charge in [-0.2, -0.15) is 0 Å². The molecule has 0 spiro atoms. The van der Waals surface area contributed by atoms with E-state index < -0.39 is 16.2 Å². The van der Waals surface area contributed by atoms with Crippen LogP contribution in [0.1, 0.15) is 0 Å². The second-order valence-electron chi connectivity index (χ2n) is 4.91. The number of nitrogens with one attached hydrogen (secondary N) is 1. The Balaban J connectivity index is 2.58. The van der Waals surface area contributed by atoms with E-state index >= 15 is 0 Å². The van der Waals surface area contributed by atoms with Crippen LogP contribution in [-0.4, -0.2) is 23.6 Å². The van der Waals surface area contributed by atoms with Crippen LogP contribution in [0, 0.1) is 14.9 Å². The molecule has 3 aromatic rings. The quantitative estimate of drug-likeness (QED) is 0.427. The lowest BCUT2D eigenvalue weighted by Gasteiger charge is -2.07. The maximum atomic E-state index is 12.5. The van der Waals surface area contributed by atoms with E-state index in [2.05, 4.69) is 4.98 Å². The van der Waals surface area contributed by atoms with Crippen LogP contribution >= 0.6 is 12.2 Å². The minimum atomic E-state index is -0.589. The predicted octanol–water partition coefficient (Wildman–Crippen LogP) is 0.994. The van der Waals surface area contributed by atoms with Gasteiger partial charge in [-0.3, -0.25) is 28.6 Å². The van der Waals surface area contributed by atoms with Crippen LogP contribution in [0.5, 0.6) is 0 Å². The van der Waals surface area contributed by atoms with E-state index in [-0.39, 0.29) is 27.3 Å². The molecule has 3 rings (SSSR count). The zero-order chi connectivity index (χ0) is 16.9. The Morgan fingerprint density at radius 1 is 1.17 bits per heavy atom. The molecule has 1 N–H and O–H groups in total. The molecule has 0 unspecified atom stereocenters. The number of aromatic nitrogens is 4. The van der Waals surface area contributed by atoms with Crippen LogP contribution in [-0.2, 0) is 14.1 Å². The number of imidazole rings is 1. The average molecular weight is 333 g/mol. The lowest BCUT2D eigenvalue weighted by atomic mass is 10.2. The number of aryl methyl sites for hydroxylation is 1. The Morgan fingerprint density at radius 2 is 1.83 bits per heavy atom. The summed E-state index contributed by atoms with van der Waals surface area (Å²) in [7, 11) is 2.82. The molecule has 23 heavy (non-hydrogen) atoms. The first kappa shape index (κ1) is 14.9. The molecular formula is C13H11N5O4S. The number of hydrogen-bond acceptors (Lipinski definition) is 5. The van der Waals surface area contributed by atoms with Crippen molar-refractivity contribution < 1.29 is 4.92 Å². The van der Waals surface area contributed by atoms with Crippen molar-refractivity contribution in [1.29, 1.82) is 0 Å². The molecule has 0 saturated heterocycles. The molecule has 0 aliphatic carbocycles. The van der Waals surface area contributed by atoms with Crippen LogP contribution < -0.4 is 11.2 Å². The summed E-state index contributed by atoms with van der Waals surface area (Å²) in [5.74, 6) is 0. The largest absolute Gasteiger partial charge is 0.332 e. The van der Waals surface area contributed by atoms with Crippen molar-refractivity contribution in [3.8, 4) is 5.69 Å². The number of H-pyrrole nitrogens is 1. The van der Waals surface area contributed by atoms with Crippen LogP contribution in [0.3, 0.4) is 0 Å². The second kappa shape index (κ2) is 5.02. The number of fused-ring (bicyclic) bond motifs is 1. The zero-order valence-electron chi connectivity index (χ0n) is 12.1. The minimum Gasteiger partial charge on any atom is -0.316 e. The fourth-order valence-electron chi connectivity index (χ4n) is 2.47. The van der Waals surface area contributed by atoms with E-state index in [1.165, 1.54) is 41.4 Å². The number of aromatic amines is 1. The average Bonchev–Trinajstić information content (AvgIpc) is 2.88. The van der Waals surface area contributed by atoms with Gasteiger partial charge in [0.25, 0.3) is 11.2 Å². The molecule has 1 aromatic carbocycles. The number of rotatable bonds is 2. The van der Waals surface area contributed by atoms with Gasteiger partial charge < -0.3 is 4.98 Å². The Hall–Kier alpha value is -3.01. The molecule has 0 fully saturated rings. The summed E-state index contributed by atoms with van der Waals surface area (Å²) in [4.78, 5) is 37.9. The van der Waals surface area contributed by atoms with Gasteiger partial charge in [-0.25, -0.2) is 4.79 Å². The van der Waals surface area contributed by atoms with Gasteiger partial charge in [0.05, 0.1) is 4.92 Å². The first-order valence-electron chi connectivity index (χ1n) is 6.49. The van der Waals surface area contributed by atoms with Gasteiger partial charge in [-0.15, -0.1) is 0 Å². The molecular weight excluding hydrogens is 322 g/mol. The van der Waals surface area contributed by atoms with Crippen LogP contribution in [0.25, 0.3) is 16.9 Å². The van der Waals surface area contributed by atoms with Crippen molar-refractivity contribution >= 4 is 29.1 Å². The first-order valence-corrected chi connectivity index (χ1v) is 6.90. The highest BCUT2D eigenvalue weighted by Gasteiger charge is 2.21. The van der Waals surface area contributed by atoms with Crippen LogP contribution in [0.2, 0.25) is 0 Å². The van der Waals surface area contributed by atoms with Crippen LogP contribution in [0.4, 0.5) is 5.69 Å². The minimum absolute atomic E-state index is 0.0777. The molecule has 2 heterocycles. The van der Waals surface area contributed by atoms with Gasteiger partial charge in [-0.05, 0) is 18.3 Å². The second-order valence-corrected chi connectivity index (χ2v) is 5.30. The maximum absolute atomic E-state index is 12.5. The van der Waals surface area contributed by atoms with Gasteiger partial charge in [-0.1, -0.05) is 12.1 Å². The summed E-state index contributed by atoms with van der Waals surface area (Å²) in [5.41, 5.74) is -0.859. The van der Waals surface area contributed by atoms with E-state index in [0.717, 1.165) is 4.57 Å². The number of hydrogen-bond donors (Lipinski definition) is 1. The summed E-state index contributed by atoms with van der Waals surface area (Å²) in [6.45, 7) is 0. The molecule has 0 aliphatic rings. The summed E-state index contributed by atoms with van der Waals surface area (Å²) in [6, 6.07) is 5.94. The lowest BCUT2D eigenvalue weighted by molar-refractivity contribution is -0.384. The highest BCUT2D eigenvalue weighted by molar-refractivity contribution is 7.71. The number of benzene rings is 1. The van der Waals surface area contributed by atoms with Crippen molar-refractivity contribution in [1.82, 2.24) is 18.7 Å². The Bertz CT molecular complexity index is 1130. The highest BCUT2D eigenvalue weighted by Crippen LogP contribution is 2.25. The van der Waals surface area contributed by atoms with Gasteiger partial charge >= 0.3 is 5.69 Å². The summed E-state index contributed by atoms with van der Waals surface area (Å²) < 4.78 is 3.53. The highest BCUT2D eigenvalue weighted by atomic mass is 32.1. The van der Waals surface area contributed by atoms with Crippen molar-refractivity contribution in [2.24, 2.45) is 14.1 Å². The van der Waals surface area contributed by atoms with Gasteiger partial charge in [0.1, 0.15) is 11.3 Å². The topological polar surface area (TPSA) is 108 Å². The molecule has 10 heteroatoms. The summed E-state index contributed by atoms with van der Waals surface area (Å²) in [6.07, 6.45) is 0. The standard InChI is InChI=1S/C13H11N5O4S/c1-15-10-9(11(19)16(2)13(15)20)17(12(23)14-10)7-5-3-4-6-8(7)18(21)22/h3-6H,1-2H3,(H,14,23). The van der Waals surface area contributed by atoms with E-state index in [1.807, 2.05) is 0 Å². The molecule has 0 atom stereocenters. The molecule has 0 amide bonds. The maximum Gasteiger partial charge on any atom is 0.332 e. The van der Waals surface area contributed by atoms with Crippen molar-refractivity contribution in [3.63, 3.8) is 0 Å². The zero-order valence-corrected chi connectivity index (χ0v) is 13.0. The molecule has 2 aromatic heterocycles. The fourth-order valence-corrected chi connectivity index (χ4v) is 2.75. The smallest absolute Gasteiger partial charge is 0.316 e. The van der Waals surface area contributed by atoms with E-state index in [1.54, 1.807) is 6.07 Å². The summed E-state index contributed by atoms with van der Waals surface area (Å²) in [5, 5.41) is 11.2.